The number of carbonyl (C=O) groups excluding carboxylic acids is 1. The first-order valence-electron chi connectivity index (χ1n) is 6.22. The standard InChI is InChI=1S/C15H16N2O2S/c1-20-12-7-5-11(6-8-12)14(18)10-17-15(19)13-4-2-3-9-16-13/h2-9,14,18H,10H2,1H3,(H,17,19). The maximum Gasteiger partial charge on any atom is 0.269 e. The number of aromatic nitrogens is 1. The summed E-state index contributed by atoms with van der Waals surface area (Å²) in [5, 5.41) is 12.7. The summed E-state index contributed by atoms with van der Waals surface area (Å²) >= 11 is 1.65. The Kier molecular flexibility index (Phi) is 5.15. The molecule has 0 radical (unpaired) electrons. The zero-order chi connectivity index (χ0) is 14.4. The van der Waals surface area contributed by atoms with E-state index in [0.29, 0.717) is 5.69 Å². The van der Waals surface area contributed by atoms with Crippen molar-refractivity contribution in [3.05, 3.63) is 59.9 Å². The second-order valence-electron chi connectivity index (χ2n) is 4.21. The number of nitrogens with zero attached hydrogens (tertiary/aromatic N) is 1. The zero-order valence-corrected chi connectivity index (χ0v) is 11.9. The summed E-state index contributed by atoms with van der Waals surface area (Å²) in [6.45, 7) is 0.161. The molecule has 1 atom stereocenters. The number of rotatable bonds is 5. The van der Waals surface area contributed by atoms with E-state index in [1.807, 2.05) is 30.5 Å². The predicted molar refractivity (Wildman–Crippen MR) is 79.8 cm³/mol. The topological polar surface area (TPSA) is 62.2 Å². The Bertz CT molecular complexity index is 558. The quantitative estimate of drug-likeness (QED) is 0.829. The molecule has 5 heteroatoms. The monoisotopic (exact) mass is 288 g/mol. The highest BCUT2D eigenvalue weighted by molar-refractivity contribution is 7.98. The van der Waals surface area contributed by atoms with Crippen LogP contribution in [-0.2, 0) is 0 Å². The number of thioether (sulfide) groups is 1. The van der Waals surface area contributed by atoms with E-state index in [1.165, 1.54) is 0 Å². The summed E-state index contributed by atoms with van der Waals surface area (Å²) in [7, 11) is 0. The summed E-state index contributed by atoms with van der Waals surface area (Å²) < 4.78 is 0. The molecule has 0 aliphatic rings. The van der Waals surface area contributed by atoms with Crippen LogP contribution in [-0.4, -0.2) is 28.8 Å². The van der Waals surface area contributed by atoms with E-state index in [2.05, 4.69) is 10.3 Å². The molecule has 1 amide bonds. The van der Waals surface area contributed by atoms with Gasteiger partial charge in [0.2, 0.25) is 0 Å². The highest BCUT2D eigenvalue weighted by atomic mass is 32.2. The Balaban J connectivity index is 1.91. The molecule has 0 fully saturated rings. The van der Waals surface area contributed by atoms with Crippen LogP contribution in [0.5, 0.6) is 0 Å². The van der Waals surface area contributed by atoms with Crippen molar-refractivity contribution in [2.24, 2.45) is 0 Å². The highest BCUT2D eigenvalue weighted by Gasteiger charge is 2.11. The fourth-order valence-electron chi connectivity index (χ4n) is 1.72. The predicted octanol–water partition coefficient (Wildman–Crippen LogP) is 2.27. The van der Waals surface area contributed by atoms with Gasteiger partial charge in [-0.25, -0.2) is 0 Å². The lowest BCUT2D eigenvalue weighted by molar-refractivity contribution is 0.0911. The Morgan fingerprint density at radius 2 is 2.05 bits per heavy atom. The third-order valence-electron chi connectivity index (χ3n) is 2.85. The third kappa shape index (κ3) is 3.82. The van der Waals surface area contributed by atoms with Crippen molar-refractivity contribution in [2.75, 3.05) is 12.8 Å². The van der Waals surface area contributed by atoms with Gasteiger partial charge >= 0.3 is 0 Å². The molecule has 20 heavy (non-hydrogen) atoms. The van der Waals surface area contributed by atoms with E-state index in [-0.39, 0.29) is 12.5 Å². The second kappa shape index (κ2) is 7.07. The van der Waals surface area contributed by atoms with E-state index in [4.69, 9.17) is 0 Å². The van der Waals surface area contributed by atoms with Crippen LogP contribution in [0.25, 0.3) is 0 Å². The number of hydrogen-bond acceptors (Lipinski definition) is 4. The summed E-state index contributed by atoms with van der Waals surface area (Å²) in [6.07, 6.45) is 2.84. The molecule has 0 aliphatic carbocycles. The highest BCUT2D eigenvalue weighted by Crippen LogP contribution is 2.18. The lowest BCUT2D eigenvalue weighted by atomic mass is 10.1. The van der Waals surface area contributed by atoms with Crippen LogP contribution in [0.2, 0.25) is 0 Å². The summed E-state index contributed by atoms with van der Waals surface area (Å²) in [6, 6.07) is 12.8. The molecule has 1 aromatic heterocycles. The molecule has 0 saturated carbocycles. The minimum Gasteiger partial charge on any atom is -0.387 e. The second-order valence-corrected chi connectivity index (χ2v) is 5.09. The van der Waals surface area contributed by atoms with Gasteiger partial charge in [-0.15, -0.1) is 11.8 Å². The number of aliphatic hydroxyl groups excluding tert-OH is 1. The molecule has 104 valence electrons. The van der Waals surface area contributed by atoms with Crippen molar-refractivity contribution >= 4 is 17.7 Å². The number of aliphatic hydroxyl groups is 1. The van der Waals surface area contributed by atoms with Gasteiger partial charge in [0.15, 0.2) is 0 Å². The number of amides is 1. The molecule has 0 aliphatic heterocycles. The molecule has 1 unspecified atom stereocenters. The van der Waals surface area contributed by atoms with Crippen molar-refractivity contribution in [1.29, 1.82) is 0 Å². The Morgan fingerprint density at radius 3 is 2.65 bits per heavy atom. The van der Waals surface area contributed by atoms with Gasteiger partial charge in [0.25, 0.3) is 5.91 Å². The Labute approximate surface area is 122 Å². The molecule has 1 heterocycles. The zero-order valence-electron chi connectivity index (χ0n) is 11.1. The van der Waals surface area contributed by atoms with E-state index in [0.717, 1.165) is 10.5 Å². The van der Waals surface area contributed by atoms with Gasteiger partial charge in [0.1, 0.15) is 5.69 Å². The Hall–Kier alpha value is -1.85. The molecule has 2 aromatic rings. The van der Waals surface area contributed by atoms with Crippen molar-refractivity contribution in [3.8, 4) is 0 Å². The number of carbonyl (C=O) groups is 1. The first-order chi connectivity index (χ1) is 9.70. The van der Waals surface area contributed by atoms with Crippen LogP contribution < -0.4 is 5.32 Å². The number of pyridine rings is 1. The van der Waals surface area contributed by atoms with Gasteiger partial charge < -0.3 is 10.4 Å². The summed E-state index contributed by atoms with van der Waals surface area (Å²) in [5.41, 5.74) is 1.13. The first-order valence-corrected chi connectivity index (χ1v) is 7.44. The number of benzene rings is 1. The van der Waals surface area contributed by atoms with Crippen LogP contribution in [0.3, 0.4) is 0 Å². The van der Waals surface area contributed by atoms with E-state index in [9.17, 15) is 9.90 Å². The minimum absolute atomic E-state index is 0.161. The maximum absolute atomic E-state index is 11.8. The van der Waals surface area contributed by atoms with Gasteiger partial charge in [-0.1, -0.05) is 18.2 Å². The van der Waals surface area contributed by atoms with Gasteiger partial charge in [-0.05, 0) is 36.1 Å². The molecule has 2 N–H and O–H groups in total. The fourth-order valence-corrected chi connectivity index (χ4v) is 2.13. The fraction of sp³-hybridized carbons (Fsp3) is 0.200. The van der Waals surface area contributed by atoms with Gasteiger partial charge in [-0.3, -0.25) is 9.78 Å². The molecule has 0 bridgehead atoms. The largest absolute Gasteiger partial charge is 0.387 e. The summed E-state index contributed by atoms with van der Waals surface area (Å²) in [5.74, 6) is -0.287. The molecule has 4 nitrogen and oxygen atoms in total. The number of hydrogen-bond donors (Lipinski definition) is 2. The Morgan fingerprint density at radius 1 is 1.30 bits per heavy atom. The third-order valence-corrected chi connectivity index (χ3v) is 3.60. The molecule has 1 aromatic carbocycles. The van der Waals surface area contributed by atoms with Crippen LogP contribution in [0.4, 0.5) is 0 Å². The minimum atomic E-state index is -0.724. The molecular weight excluding hydrogens is 272 g/mol. The van der Waals surface area contributed by atoms with E-state index < -0.39 is 6.10 Å². The van der Waals surface area contributed by atoms with Gasteiger partial charge in [0, 0.05) is 17.6 Å². The lowest BCUT2D eigenvalue weighted by Gasteiger charge is -2.12. The number of nitrogens with one attached hydrogen (secondary N) is 1. The van der Waals surface area contributed by atoms with E-state index in [1.54, 1.807) is 36.2 Å². The van der Waals surface area contributed by atoms with E-state index >= 15 is 0 Å². The van der Waals surface area contributed by atoms with Crippen LogP contribution in [0, 0.1) is 0 Å². The molecule has 0 saturated heterocycles. The van der Waals surface area contributed by atoms with Gasteiger partial charge in [0.05, 0.1) is 6.10 Å². The summed E-state index contributed by atoms with van der Waals surface area (Å²) in [4.78, 5) is 16.9. The normalized spacial score (nSPS) is 11.9. The maximum atomic E-state index is 11.8. The lowest BCUT2D eigenvalue weighted by Crippen LogP contribution is -2.28. The van der Waals surface area contributed by atoms with Crippen LogP contribution in [0.1, 0.15) is 22.2 Å². The van der Waals surface area contributed by atoms with Crippen LogP contribution >= 0.6 is 11.8 Å². The molecule has 0 spiro atoms. The average Bonchev–Trinajstić information content (AvgIpc) is 2.53. The van der Waals surface area contributed by atoms with Crippen molar-refractivity contribution in [2.45, 2.75) is 11.0 Å². The average molecular weight is 288 g/mol. The molecular formula is C15H16N2O2S. The van der Waals surface area contributed by atoms with Crippen molar-refractivity contribution in [3.63, 3.8) is 0 Å². The van der Waals surface area contributed by atoms with Crippen LogP contribution in [0.15, 0.2) is 53.6 Å². The smallest absolute Gasteiger partial charge is 0.269 e. The first kappa shape index (κ1) is 14.6. The van der Waals surface area contributed by atoms with Crippen molar-refractivity contribution in [1.82, 2.24) is 10.3 Å². The molecule has 2 rings (SSSR count). The SMILES string of the molecule is CSc1ccc(C(O)CNC(=O)c2ccccn2)cc1. The van der Waals surface area contributed by atoms with Crippen molar-refractivity contribution < 1.29 is 9.90 Å². The van der Waals surface area contributed by atoms with Gasteiger partial charge in [-0.2, -0.15) is 0 Å².